The van der Waals surface area contributed by atoms with Crippen molar-refractivity contribution in [1.29, 1.82) is 0 Å². The van der Waals surface area contributed by atoms with Crippen LogP contribution in [0.4, 0.5) is 18.9 Å². The average molecular weight is 1190 g/mol. The molecule has 0 aliphatic carbocycles. The molecule has 0 bridgehead atoms. The highest BCUT2D eigenvalue weighted by molar-refractivity contribution is 6.14. The van der Waals surface area contributed by atoms with Gasteiger partial charge in [-0.25, -0.2) is 4.85 Å². The van der Waals surface area contributed by atoms with Crippen LogP contribution in [0.25, 0.3) is 160 Å². The van der Waals surface area contributed by atoms with Gasteiger partial charge in [0.2, 0.25) is 0 Å². The second kappa shape index (κ2) is 22.7. The van der Waals surface area contributed by atoms with Crippen LogP contribution in [0.5, 0.6) is 0 Å². The Labute approximate surface area is 527 Å². The molecule has 434 valence electrons. The van der Waals surface area contributed by atoms with E-state index >= 15 is 13.2 Å². The molecule has 0 radical (unpaired) electrons. The van der Waals surface area contributed by atoms with E-state index in [4.69, 9.17) is 26.5 Å². The summed E-state index contributed by atoms with van der Waals surface area (Å²) in [5.74, 6) is 0. The smallest absolute Gasteiger partial charge is 0.307 e. The van der Waals surface area contributed by atoms with E-state index < -0.39 is 11.7 Å². The molecule has 0 spiro atoms. The van der Waals surface area contributed by atoms with E-state index in [1.165, 1.54) is 6.07 Å². The molecule has 0 aliphatic heterocycles. The van der Waals surface area contributed by atoms with Crippen LogP contribution in [0.2, 0.25) is 0 Å². The number of hydrogen-bond donors (Lipinski definition) is 0. The van der Waals surface area contributed by atoms with Gasteiger partial charge in [-0.15, -0.1) is 0 Å². The summed E-state index contributed by atoms with van der Waals surface area (Å²) in [6, 6.07) is 90.9. The number of pyridine rings is 4. The zero-order valence-electron chi connectivity index (χ0n) is 49.1. The third-order valence-electron chi connectivity index (χ3n) is 17.4. The Morgan fingerprint density at radius 1 is 0.283 bits per heavy atom. The molecule has 6 heterocycles. The lowest BCUT2D eigenvalue weighted by molar-refractivity contribution is -0.137. The van der Waals surface area contributed by atoms with Gasteiger partial charge in [0.05, 0.1) is 68.4 Å². The van der Waals surface area contributed by atoms with Crippen molar-refractivity contribution in [2.24, 2.45) is 0 Å². The van der Waals surface area contributed by atoms with Crippen molar-refractivity contribution in [2.45, 2.75) is 6.18 Å². The van der Waals surface area contributed by atoms with E-state index in [-0.39, 0.29) is 22.5 Å². The predicted octanol–water partition coefficient (Wildman–Crippen LogP) is 22.0. The molecule has 0 aliphatic rings. The van der Waals surface area contributed by atoms with Gasteiger partial charge in [-0.3, -0.25) is 19.9 Å². The molecule has 0 atom stereocenters. The van der Waals surface area contributed by atoms with Gasteiger partial charge in [-0.1, -0.05) is 188 Å². The van der Waals surface area contributed by atoms with Crippen molar-refractivity contribution < 1.29 is 13.2 Å². The van der Waals surface area contributed by atoms with Crippen molar-refractivity contribution in [3.05, 3.63) is 321 Å². The highest BCUT2D eigenvalue weighted by Gasteiger charge is 2.36. The fraction of sp³-hybridized carbons (Fsp3) is 0.0122. The maximum absolute atomic E-state index is 16.8. The van der Waals surface area contributed by atoms with Crippen LogP contribution < -0.4 is 0 Å². The highest BCUT2D eigenvalue weighted by Crippen LogP contribution is 2.48. The van der Waals surface area contributed by atoms with Crippen LogP contribution in [0, 0.1) is 6.57 Å². The SMILES string of the molecule is [C-]#[N+]c1cccc(-c2cc(-n3c4cc(-c5ccnc(-c6ccccc6)c5)ccc4c4ccc(-c5ccnc(-c6ccccc6)c5)cc43)c(-n3c4cc(-c5ccnc(-c6ccccc6)c5)ccc4c4ccc(-c5ccnc(-c6ccccc6)c5)cc43)cc2C(F)(F)F)c1. The first-order chi connectivity index (χ1) is 45.2. The highest BCUT2D eigenvalue weighted by atomic mass is 19.4. The largest absolute Gasteiger partial charge is 0.417 e. The number of benzene rings is 10. The molecule has 7 nitrogen and oxygen atoms in total. The number of alkyl halides is 3. The second-order valence-electron chi connectivity index (χ2n) is 22.8. The Bertz CT molecular complexity index is 5300. The summed E-state index contributed by atoms with van der Waals surface area (Å²) < 4.78 is 54.5. The van der Waals surface area contributed by atoms with Gasteiger partial charge in [0.25, 0.3) is 0 Å². The van der Waals surface area contributed by atoms with Gasteiger partial charge in [0, 0.05) is 68.6 Å². The van der Waals surface area contributed by atoms with Crippen molar-refractivity contribution in [3.63, 3.8) is 0 Å². The average Bonchev–Trinajstić information content (AvgIpc) is 1.53. The molecule has 0 N–H and O–H groups in total. The summed E-state index contributed by atoms with van der Waals surface area (Å²) in [6.45, 7) is 8.05. The maximum atomic E-state index is 16.8. The van der Waals surface area contributed by atoms with Crippen LogP contribution in [-0.2, 0) is 6.18 Å². The molecule has 0 saturated carbocycles. The number of fused-ring (bicyclic) bond motifs is 6. The van der Waals surface area contributed by atoms with Gasteiger partial charge in [0.1, 0.15) is 0 Å². The van der Waals surface area contributed by atoms with E-state index in [1.54, 1.807) is 42.7 Å². The van der Waals surface area contributed by atoms with Gasteiger partial charge >= 0.3 is 6.18 Å². The molecule has 0 amide bonds. The Morgan fingerprint density at radius 2 is 0.587 bits per heavy atom. The van der Waals surface area contributed by atoms with Gasteiger partial charge in [0.15, 0.2) is 5.69 Å². The summed E-state index contributed by atoms with van der Waals surface area (Å²) in [5, 5.41) is 3.46. The molecular weight excluding hydrogens is 1140 g/mol. The molecule has 10 aromatic carbocycles. The van der Waals surface area contributed by atoms with Crippen molar-refractivity contribution in [2.75, 3.05) is 0 Å². The van der Waals surface area contributed by atoms with Gasteiger partial charge < -0.3 is 9.13 Å². The molecule has 10 heteroatoms. The number of aromatic nitrogens is 6. The molecule has 0 fully saturated rings. The Balaban J connectivity index is 1.03. The van der Waals surface area contributed by atoms with Crippen LogP contribution in [0.1, 0.15) is 5.56 Å². The van der Waals surface area contributed by atoms with E-state index in [0.29, 0.717) is 16.7 Å². The monoisotopic (exact) mass is 1190 g/mol. The van der Waals surface area contributed by atoms with Crippen molar-refractivity contribution in [1.82, 2.24) is 29.1 Å². The predicted molar refractivity (Wildman–Crippen MR) is 366 cm³/mol. The summed E-state index contributed by atoms with van der Waals surface area (Å²) in [6.07, 6.45) is 2.34. The zero-order chi connectivity index (χ0) is 61.9. The summed E-state index contributed by atoms with van der Waals surface area (Å²) in [4.78, 5) is 22.8. The van der Waals surface area contributed by atoms with Gasteiger partial charge in [-0.05, 0) is 147 Å². The van der Waals surface area contributed by atoms with Gasteiger partial charge in [-0.2, -0.15) is 13.2 Å². The quantitative estimate of drug-likeness (QED) is 0.121. The first-order valence-corrected chi connectivity index (χ1v) is 30.2. The van der Waals surface area contributed by atoms with Crippen molar-refractivity contribution in [3.8, 4) is 112 Å². The van der Waals surface area contributed by atoms with Crippen LogP contribution >= 0.6 is 0 Å². The van der Waals surface area contributed by atoms with E-state index in [0.717, 1.165) is 122 Å². The molecule has 16 aromatic rings. The van der Waals surface area contributed by atoms with Crippen LogP contribution in [0.3, 0.4) is 0 Å². The Kier molecular flexibility index (Phi) is 13.6. The standard InChI is InChI=1S/C82H50F3N7/c1-86-65-24-14-23-64(41-65)70-50-80(91-76-46-56(60-33-37-87-72(42-60)52-15-6-2-7-16-52)25-29-66(76)67-30-26-57(47-77(67)91)61-34-38-88-73(43-61)53-17-8-3-9-18-53)81(51-71(70)82(83,84)85)92-78-48-58(62-35-39-89-74(44-62)54-19-10-4-11-20-54)27-31-68(78)69-32-28-59(49-79(69)92)63-36-40-90-75(45-63)55-21-12-5-13-22-55/h2-51H. The third kappa shape index (κ3) is 10.0. The Hall–Kier alpha value is -12.3. The minimum atomic E-state index is -4.88. The van der Waals surface area contributed by atoms with Crippen LogP contribution in [-0.4, -0.2) is 29.1 Å². The first kappa shape index (κ1) is 55.0. The maximum Gasteiger partial charge on any atom is 0.417 e. The second-order valence-corrected chi connectivity index (χ2v) is 22.8. The fourth-order valence-corrected chi connectivity index (χ4v) is 12.9. The van der Waals surface area contributed by atoms with E-state index in [2.05, 4.69) is 106 Å². The number of halogens is 3. The van der Waals surface area contributed by atoms with E-state index in [1.807, 2.05) is 163 Å². The molecule has 0 saturated heterocycles. The summed E-state index contributed by atoms with van der Waals surface area (Å²) >= 11 is 0. The van der Waals surface area contributed by atoms with E-state index in [9.17, 15) is 0 Å². The minimum Gasteiger partial charge on any atom is -0.307 e. The molecular formula is C82H50F3N7. The van der Waals surface area contributed by atoms with Crippen LogP contribution in [0.15, 0.2) is 304 Å². The number of nitrogens with zero attached hydrogens (tertiary/aromatic N) is 7. The third-order valence-corrected chi connectivity index (χ3v) is 17.4. The molecule has 6 aromatic heterocycles. The summed E-state index contributed by atoms with van der Waals surface area (Å²) in [5.41, 5.74) is 17.2. The lowest BCUT2D eigenvalue weighted by atomic mass is 9.96. The fourth-order valence-electron chi connectivity index (χ4n) is 12.9. The number of hydrogen-bond acceptors (Lipinski definition) is 4. The lowest BCUT2D eigenvalue weighted by Crippen LogP contribution is -2.12. The molecule has 92 heavy (non-hydrogen) atoms. The van der Waals surface area contributed by atoms with Crippen molar-refractivity contribution >= 4 is 49.3 Å². The Morgan fingerprint density at radius 3 is 0.902 bits per heavy atom. The lowest BCUT2D eigenvalue weighted by Gasteiger charge is -2.23. The normalized spacial score (nSPS) is 11.6. The first-order valence-electron chi connectivity index (χ1n) is 30.2. The topological polar surface area (TPSA) is 65.8 Å². The number of rotatable bonds is 11. The zero-order valence-corrected chi connectivity index (χ0v) is 49.1. The minimum absolute atomic E-state index is 0.0788. The summed E-state index contributed by atoms with van der Waals surface area (Å²) in [7, 11) is 0. The molecule has 0 unspecified atom stereocenters. The molecule has 16 rings (SSSR count).